The number of rotatable bonds is 2. The van der Waals surface area contributed by atoms with Crippen molar-refractivity contribution in [1.82, 2.24) is 4.90 Å². The summed E-state index contributed by atoms with van der Waals surface area (Å²) in [6.07, 6.45) is 0. The number of likely N-dealkylation sites (tertiary alicyclic amines) is 1. The second-order valence-electron chi connectivity index (χ2n) is 7.82. The molecular weight excluding hydrogens is 242 g/mol. The molecule has 0 bridgehead atoms. The van der Waals surface area contributed by atoms with Crippen LogP contribution >= 0.6 is 0 Å². The number of carbonyl (C=O) groups excluding carboxylic acids is 1. The molecule has 2 aliphatic rings. The molecule has 4 atom stereocenters. The average molecular weight is 267 g/mol. The van der Waals surface area contributed by atoms with E-state index >= 15 is 0 Å². The predicted octanol–water partition coefficient (Wildman–Crippen LogP) is 2.24. The zero-order chi connectivity index (χ0) is 14.7. The van der Waals surface area contributed by atoms with Gasteiger partial charge in [0.15, 0.2) is 0 Å². The molecule has 0 aromatic carbocycles. The number of nitrogens with zero attached hydrogens (tertiary/aromatic N) is 1. The molecule has 2 fully saturated rings. The number of amides is 1. The van der Waals surface area contributed by atoms with Crippen LogP contribution in [0.3, 0.4) is 0 Å². The van der Waals surface area contributed by atoms with Crippen molar-refractivity contribution in [1.29, 1.82) is 0 Å². The molecule has 1 aliphatic carbocycles. The van der Waals surface area contributed by atoms with E-state index in [1.54, 1.807) is 4.90 Å². The largest absolute Gasteiger partial charge is 0.480 e. The summed E-state index contributed by atoms with van der Waals surface area (Å²) in [5, 5.41) is 9.45. The van der Waals surface area contributed by atoms with Gasteiger partial charge in [-0.2, -0.15) is 0 Å². The van der Waals surface area contributed by atoms with E-state index in [0.29, 0.717) is 12.5 Å². The summed E-state index contributed by atoms with van der Waals surface area (Å²) >= 11 is 0. The molecular formula is C15H25NO3. The van der Waals surface area contributed by atoms with Crippen LogP contribution in [-0.2, 0) is 9.59 Å². The van der Waals surface area contributed by atoms with Crippen molar-refractivity contribution in [3.8, 4) is 0 Å². The van der Waals surface area contributed by atoms with E-state index in [1.165, 1.54) is 0 Å². The molecule has 4 heteroatoms. The third-order valence-electron chi connectivity index (χ3n) is 5.41. The molecule has 1 aliphatic heterocycles. The monoisotopic (exact) mass is 267 g/mol. The Kier molecular flexibility index (Phi) is 3.00. The van der Waals surface area contributed by atoms with Gasteiger partial charge in [-0.05, 0) is 16.7 Å². The van der Waals surface area contributed by atoms with E-state index in [-0.39, 0.29) is 28.6 Å². The maximum absolute atomic E-state index is 12.5. The van der Waals surface area contributed by atoms with Gasteiger partial charge < -0.3 is 10.0 Å². The zero-order valence-corrected chi connectivity index (χ0v) is 12.7. The lowest BCUT2D eigenvalue weighted by Gasteiger charge is -2.34. The molecule has 1 amide bonds. The molecule has 0 spiro atoms. The van der Waals surface area contributed by atoms with Crippen LogP contribution in [0.5, 0.6) is 0 Å². The summed E-state index contributed by atoms with van der Waals surface area (Å²) in [5.74, 6) is -0.545. The van der Waals surface area contributed by atoms with Crippen molar-refractivity contribution >= 4 is 11.9 Å². The first-order valence-corrected chi connectivity index (χ1v) is 7.03. The Morgan fingerprint density at radius 2 is 1.84 bits per heavy atom. The maximum atomic E-state index is 12.5. The SMILES string of the molecule is CC(C(=O)N1CC2C([C@H]1C(=O)O)C2(C)C)C(C)(C)C. The van der Waals surface area contributed by atoms with E-state index in [4.69, 9.17) is 0 Å². The predicted molar refractivity (Wildman–Crippen MR) is 72.5 cm³/mol. The van der Waals surface area contributed by atoms with Crippen LogP contribution in [0.4, 0.5) is 0 Å². The highest BCUT2D eigenvalue weighted by Crippen LogP contribution is 2.65. The van der Waals surface area contributed by atoms with Crippen LogP contribution in [0, 0.1) is 28.6 Å². The molecule has 108 valence electrons. The zero-order valence-electron chi connectivity index (χ0n) is 12.7. The van der Waals surface area contributed by atoms with Crippen molar-refractivity contribution in [2.45, 2.75) is 47.6 Å². The van der Waals surface area contributed by atoms with Gasteiger partial charge in [-0.15, -0.1) is 0 Å². The standard InChI is InChI=1S/C15H25NO3/c1-8(14(2,3)4)12(17)16-7-9-10(15(9,5)6)11(16)13(18)19/h8-11H,7H2,1-6H3,(H,18,19)/t8?,9?,10?,11-/m0/s1. The van der Waals surface area contributed by atoms with E-state index in [1.807, 2.05) is 27.7 Å². The van der Waals surface area contributed by atoms with E-state index < -0.39 is 12.0 Å². The Balaban J connectivity index is 2.19. The molecule has 1 heterocycles. The highest BCUT2D eigenvalue weighted by atomic mass is 16.4. The minimum atomic E-state index is -0.854. The third kappa shape index (κ3) is 2.05. The Morgan fingerprint density at radius 3 is 2.26 bits per heavy atom. The van der Waals surface area contributed by atoms with Crippen LogP contribution in [0.1, 0.15) is 41.5 Å². The first-order chi connectivity index (χ1) is 8.49. The summed E-state index contributed by atoms with van der Waals surface area (Å²) < 4.78 is 0. The number of hydrogen-bond acceptors (Lipinski definition) is 2. The second kappa shape index (κ2) is 3.97. The first kappa shape index (κ1) is 14.4. The molecule has 19 heavy (non-hydrogen) atoms. The fraction of sp³-hybridized carbons (Fsp3) is 0.867. The third-order valence-corrected chi connectivity index (χ3v) is 5.41. The minimum absolute atomic E-state index is 0.0112. The van der Waals surface area contributed by atoms with Gasteiger partial charge >= 0.3 is 5.97 Å². The summed E-state index contributed by atoms with van der Waals surface area (Å²) in [4.78, 5) is 25.7. The van der Waals surface area contributed by atoms with Crippen LogP contribution in [0.15, 0.2) is 0 Å². The molecule has 3 unspecified atom stereocenters. The number of aliphatic carboxylic acids is 1. The van der Waals surface area contributed by atoms with Crippen LogP contribution in [-0.4, -0.2) is 34.5 Å². The van der Waals surface area contributed by atoms with Gasteiger partial charge in [0.05, 0.1) is 0 Å². The van der Waals surface area contributed by atoms with E-state index in [0.717, 1.165) is 0 Å². The molecule has 2 rings (SSSR count). The Hall–Kier alpha value is -1.06. The Morgan fingerprint density at radius 1 is 1.32 bits per heavy atom. The summed E-state index contributed by atoms with van der Waals surface area (Å²) in [7, 11) is 0. The topological polar surface area (TPSA) is 57.6 Å². The van der Waals surface area contributed by atoms with Gasteiger partial charge in [-0.25, -0.2) is 4.79 Å². The normalized spacial score (nSPS) is 33.8. The highest BCUT2D eigenvalue weighted by molar-refractivity contribution is 5.87. The average Bonchev–Trinajstić information content (AvgIpc) is 2.65. The maximum Gasteiger partial charge on any atom is 0.326 e. The van der Waals surface area contributed by atoms with Gasteiger partial charge in [0, 0.05) is 18.4 Å². The van der Waals surface area contributed by atoms with E-state index in [2.05, 4.69) is 13.8 Å². The molecule has 1 saturated heterocycles. The summed E-state index contributed by atoms with van der Waals surface area (Å²) in [6, 6.07) is -0.628. The highest BCUT2D eigenvalue weighted by Gasteiger charge is 2.69. The van der Waals surface area contributed by atoms with Crippen LogP contribution in [0.2, 0.25) is 0 Å². The quantitative estimate of drug-likeness (QED) is 0.834. The first-order valence-electron chi connectivity index (χ1n) is 7.03. The number of hydrogen-bond donors (Lipinski definition) is 1. The molecule has 1 saturated carbocycles. The Labute approximate surface area is 115 Å². The summed E-state index contributed by atoms with van der Waals surface area (Å²) in [6.45, 7) is 12.8. The number of carboxylic acid groups (broad SMARTS) is 1. The Bertz CT molecular complexity index is 422. The van der Waals surface area contributed by atoms with Gasteiger partial charge in [0.1, 0.15) is 6.04 Å². The second-order valence-corrected chi connectivity index (χ2v) is 7.82. The van der Waals surface area contributed by atoms with Crippen molar-refractivity contribution in [3.05, 3.63) is 0 Å². The van der Waals surface area contributed by atoms with Crippen molar-refractivity contribution < 1.29 is 14.7 Å². The van der Waals surface area contributed by atoms with Crippen molar-refractivity contribution in [3.63, 3.8) is 0 Å². The number of fused-ring (bicyclic) bond motifs is 1. The van der Waals surface area contributed by atoms with Crippen molar-refractivity contribution in [2.24, 2.45) is 28.6 Å². The van der Waals surface area contributed by atoms with Crippen LogP contribution in [0.25, 0.3) is 0 Å². The lowest BCUT2D eigenvalue weighted by molar-refractivity contribution is -0.153. The molecule has 0 radical (unpaired) electrons. The number of carbonyl (C=O) groups is 2. The number of carboxylic acids is 1. The fourth-order valence-corrected chi connectivity index (χ4v) is 3.41. The number of piperidine rings is 1. The molecule has 1 N–H and O–H groups in total. The van der Waals surface area contributed by atoms with E-state index in [9.17, 15) is 14.7 Å². The summed E-state index contributed by atoms with van der Waals surface area (Å²) in [5.41, 5.74) is -0.0623. The smallest absolute Gasteiger partial charge is 0.326 e. The van der Waals surface area contributed by atoms with Gasteiger partial charge in [-0.3, -0.25) is 4.79 Å². The fourth-order valence-electron chi connectivity index (χ4n) is 3.41. The van der Waals surface area contributed by atoms with Crippen LogP contribution < -0.4 is 0 Å². The lowest BCUT2D eigenvalue weighted by Crippen LogP contribution is -2.49. The lowest BCUT2D eigenvalue weighted by atomic mass is 9.81. The van der Waals surface area contributed by atoms with Gasteiger partial charge in [0.2, 0.25) is 5.91 Å². The van der Waals surface area contributed by atoms with Gasteiger partial charge in [-0.1, -0.05) is 41.5 Å². The molecule has 0 aromatic rings. The minimum Gasteiger partial charge on any atom is -0.480 e. The van der Waals surface area contributed by atoms with Crippen molar-refractivity contribution in [2.75, 3.05) is 6.54 Å². The molecule has 0 aromatic heterocycles. The van der Waals surface area contributed by atoms with Gasteiger partial charge in [0.25, 0.3) is 0 Å². The molecule has 4 nitrogen and oxygen atoms in total.